The minimum atomic E-state index is -0.570. The van der Waals surface area contributed by atoms with Gasteiger partial charge in [0.15, 0.2) is 0 Å². The number of amides is 3. The molecule has 1 aromatic rings. The van der Waals surface area contributed by atoms with E-state index in [1.807, 2.05) is 0 Å². The molecule has 0 aliphatic heterocycles. The van der Waals surface area contributed by atoms with Crippen LogP contribution in [0.3, 0.4) is 0 Å². The molecule has 0 bridgehead atoms. The highest BCUT2D eigenvalue weighted by atomic mass is 16.6. The zero-order valence-corrected chi connectivity index (χ0v) is 14.2. The average Bonchev–Trinajstić information content (AvgIpc) is 3.23. The number of rotatable bonds is 3. The molecule has 0 saturated heterocycles. The van der Waals surface area contributed by atoms with Gasteiger partial charge in [-0.2, -0.15) is 0 Å². The van der Waals surface area contributed by atoms with Crippen LogP contribution in [0.5, 0.6) is 0 Å². The van der Waals surface area contributed by atoms with Gasteiger partial charge in [-0.15, -0.1) is 0 Å². The molecule has 0 atom stereocenters. The summed E-state index contributed by atoms with van der Waals surface area (Å²) in [6, 6.07) is 3.28. The fourth-order valence-corrected chi connectivity index (χ4v) is 2.10. The lowest BCUT2D eigenvalue weighted by Gasteiger charge is -2.23. The smallest absolute Gasteiger partial charge is 0.408 e. The zero-order chi connectivity index (χ0) is 18.0. The van der Waals surface area contributed by atoms with E-state index >= 15 is 0 Å². The van der Waals surface area contributed by atoms with E-state index in [9.17, 15) is 14.4 Å². The Morgan fingerprint density at radius 3 is 2.29 bits per heavy atom. The number of alkyl carbamates (subject to hydrolysis) is 1. The summed E-state index contributed by atoms with van der Waals surface area (Å²) in [6.45, 7) is 6.69. The van der Waals surface area contributed by atoms with E-state index in [0.29, 0.717) is 11.3 Å². The lowest BCUT2D eigenvalue weighted by molar-refractivity contribution is -0.119. The molecule has 1 aromatic heterocycles. The van der Waals surface area contributed by atoms with Crippen LogP contribution in [0.4, 0.5) is 4.79 Å². The molecule has 3 amide bonds. The van der Waals surface area contributed by atoms with Crippen LogP contribution in [-0.2, 0) is 15.1 Å². The molecule has 1 heterocycles. The molecule has 0 aromatic carbocycles. The third-order valence-electron chi connectivity index (χ3n) is 3.36. The fraction of sp³-hybridized carbons (Fsp3) is 0.500. The molecule has 8 nitrogen and oxygen atoms in total. The molecule has 130 valence electrons. The van der Waals surface area contributed by atoms with E-state index in [-0.39, 0.29) is 5.91 Å². The monoisotopic (exact) mass is 334 g/mol. The topological polar surface area (TPSA) is 109 Å². The zero-order valence-electron chi connectivity index (χ0n) is 14.2. The van der Waals surface area contributed by atoms with Crippen LogP contribution in [-0.4, -0.2) is 28.5 Å². The Labute approximate surface area is 140 Å². The number of nitrogens with one attached hydrogen (secondary N) is 3. The van der Waals surface area contributed by atoms with Gasteiger partial charge in [0, 0.05) is 13.1 Å². The summed E-state index contributed by atoms with van der Waals surface area (Å²) >= 11 is 0. The summed E-state index contributed by atoms with van der Waals surface area (Å²) in [6.07, 6.45) is 2.44. The number of carbonyl (C=O) groups excluding carboxylic acids is 3. The van der Waals surface area contributed by atoms with Gasteiger partial charge in [0.05, 0.1) is 16.8 Å². The average molecular weight is 334 g/mol. The largest absolute Gasteiger partial charge is 0.444 e. The van der Waals surface area contributed by atoms with E-state index in [2.05, 4.69) is 21.2 Å². The predicted molar refractivity (Wildman–Crippen MR) is 85.8 cm³/mol. The minimum absolute atomic E-state index is 0.306. The molecule has 1 aliphatic carbocycles. The van der Waals surface area contributed by atoms with Crippen molar-refractivity contribution in [3.8, 4) is 0 Å². The first-order valence-electron chi connectivity index (χ1n) is 7.66. The Balaban J connectivity index is 2.01. The first-order chi connectivity index (χ1) is 11.1. The van der Waals surface area contributed by atoms with Crippen molar-refractivity contribution in [3.63, 3.8) is 0 Å². The van der Waals surface area contributed by atoms with Crippen LogP contribution in [0.25, 0.3) is 0 Å². The lowest BCUT2D eigenvalue weighted by atomic mass is 10.1. The molecule has 0 radical (unpaired) electrons. The van der Waals surface area contributed by atoms with Crippen molar-refractivity contribution in [1.29, 1.82) is 0 Å². The number of pyridine rings is 1. The number of ether oxygens (including phenoxy) is 1. The van der Waals surface area contributed by atoms with Gasteiger partial charge in [0.25, 0.3) is 5.91 Å². The third-order valence-corrected chi connectivity index (χ3v) is 3.36. The highest BCUT2D eigenvalue weighted by Crippen LogP contribution is 2.44. The van der Waals surface area contributed by atoms with Gasteiger partial charge in [-0.25, -0.2) is 4.79 Å². The molecule has 2 rings (SSSR count). The fourth-order valence-electron chi connectivity index (χ4n) is 2.10. The standard InChI is InChI=1S/C16H22N4O4/c1-10(21)19-20-13(22)11-5-6-12(17-9-11)16(7-8-16)18-14(23)24-15(2,3)4/h5-6,9H,7-8H2,1-4H3,(H,18,23)(H,19,21)(H,20,22). The van der Waals surface area contributed by atoms with Gasteiger partial charge in [0.1, 0.15) is 5.60 Å². The highest BCUT2D eigenvalue weighted by Gasteiger charge is 2.47. The SMILES string of the molecule is CC(=O)NNC(=O)c1ccc(C2(NC(=O)OC(C)(C)C)CC2)nc1. The van der Waals surface area contributed by atoms with Crippen LogP contribution in [0.2, 0.25) is 0 Å². The summed E-state index contributed by atoms with van der Waals surface area (Å²) in [4.78, 5) is 38.8. The van der Waals surface area contributed by atoms with Crippen LogP contribution >= 0.6 is 0 Å². The van der Waals surface area contributed by atoms with Crippen LogP contribution in [0.1, 0.15) is 56.6 Å². The number of hydrogen-bond acceptors (Lipinski definition) is 5. The second-order valence-electron chi connectivity index (χ2n) is 6.78. The second-order valence-corrected chi connectivity index (χ2v) is 6.78. The molecule has 1 saturated carbocycles. The Hall–Kier alpha value is -2.64. The van der Waals surface area contributed by atoms with Crippen LogP contribution < -0.4 is 16.2 Å². The molecule has 24 heavy (non-hydrogen) atoms. The number of carbonyl (C=O) groups is 3. The summed E-state index contributed by atoms with van der Waals surface area (Å²) < 4.78 is 5.27. The van der Waals surface area contributed by atoms with E-state index in [4.69, 9.17) is 4.74 Å². The minimum Gasteiger partial charge on any atom is -0.444 e. The van der Waals surface area contributed by atoms with E-state index in [1.54, 1.807) is 32.9 Å². The summed E-state index contributed by atoms with van der Waals surface area (Å²) in [5.74, 6) is -0.833. The molecular weight excluding hydrogens is 312 g/mol. The summed E-state index contributed by atoms with van der Waals surface area (Å²) in [5, 5.41) is 2.85. The van der Waals surface area contributed by atoms with Gasteiger partial charge in [-0.3, -0.25) is 25.4 Å². The molecule has 0 spiro atoms. The van der Waals surface area contributed by atoms with Gasteiger partial charge in [0.2, 0.25) is 5.91 Å². The van der Waals surface area contributed by atoms with Gasteiger partial charge >= 0.3 is 6.09 Å². The number of hydrogen-bond donors (Lipinski definition) is 3. The van der Waals surface area contributed by atoms with Crippen molar-refractivity contribution in [2.24, 2.45) is 0 Å². The lowest BCUT2D eigenvalue weighted by Crippen LogP contribution is -2.41. The quantitative estimate of drug-likeness (QED) is 0.723. The van der Waals surface area contributed by atoms with Gasteiger partial charge in [-0.1, -0.05) is 0 Å². The first kappa shape index (κ1) is 17.7. The van der Waals surface area contributed by atoms with E-state index < -0.39 is 23.1 Å². The Morgan fingerprint density at radius 1 is 1.17 bits per heavy atom. The molecule has 8 heteroatoms. The highest BCUT2D eigenvalue weighted by molar-refractivity contribution is 5.94. The first-order valence-corrected chi connectivity index (χ1v) is 7.66. The Kier molecular flexibility index (Phi) is 4.77. The Bertz CT molecular complexity index is 645. The summed E-state index contributed by atoms with van der Waals surface area (Å²) in [7, 11) is 0. The van der Waals surface area contributed by atoms with Crippen molar-refractivity contribution >= 4 is 17.9 Å². The normalized spacial score (nSPS) is 15.2. The maximum Gasteiger partial charge on any atom is 0.408 e. The molecule has 3 N–H and O–H groups in total. The van der Waals surface area contributed by atoms with Crippen molar-refractivity contribution < 1.29 is 19.1 Å². The van der Waals surface area contributed by atoms with Crippen molar-refractivity contribution in [1.82, 2.24) is 21.2 Å². The number of hydrazine groups is 1. The van der Waals surface area contributed by atoms with E-state index in [1.165, 1.54) is 13.1 Å². The number of aromatic nitrogens is 1. The maximum atomic E-state index is 11.9. The van der Waals surface area contributed by atoms with E-state index in [0.717, 1.165) is 12.8 Å². The van der Waals surface area contributed by atoms with Gasteiger partial charge < -0.3 is 10.1 Å². The third kappa shape index (κ3) is 4.68. The molecule has 0 unspecified atom stereocenters. The van der Waals surface area contributed by atoms with Crippen molar-refractivity contribution in [2.75, 3.05) is 0 Å². The molecule has 1 aliphatic rings. The predicted octanol–water partition coefficient (Wildman–Crippen LogP) is 1.38. The number of nitrogens with zero attached hydrogens (tertiary/aromatic N) is 1. The van der Waals surface area contributed by atoms with Crippen molar-refractivity contribution in [3.05, 3.63) is 29.6 Å². The van der Waals surface area contributed by atoms with Gasteiger partial charge in [-0.05, 0) is 45.7 Å². The van der Waals surface area contributed by atoms with Crippen molar-refractivity contribution in [2.45, 2.75) is 51.7 Å². The molecule has 1 fully saturated rings. The van der Waals surface area contributed by atoms with Crippen LogP contribution in [0.15, 0.2) is 18.3 Å². The van der Waals surface area contributed by atoms with Crippen LogP contribution in [0, 0.1) is 0 Å². The Morgan fingerprint density at radius 2 is 1.83 bits per heavy atom. The second kappa shape index (κ2) is 6.46. The summed E-state index contributed by atoms with van der Waals surface area (Å²) in [5.41, 5.74) is 4.34. The maximum absolute atomic E-state index is 11.9. The molecular formula is C16H22N4O4.